The molecule has 1 aromatic carbocycles. The molecule has 2 heteroatoms. The minimum atomic E-state index is 0.394. The van der Waals surface area contributed by atoms with Crippen LogP contribution in [0.15, 0.2) is 29.8 Å². The number of hydrogen-bond donors (Lipinski definition) is 1. The molecule has 3 rings (SSSR count). The van der Waals surface area contributed by atoms with Crippen LogP contribution in [0.25, 0.3) is 0 Å². The van der Waals surface area contributed by atoms with Gasteiger partial charge in [-0.2, -0.15) is 0 Å². The van der Waals surface area contributed by atoms with Crippen LogP contribution in [0.3, 0.4) is 0 Å². The highest BCUT2D eigenvalue weighted by Gasteiger charge is 2.13. The van der Waals surface area contributed by atoms with E-state index >= 15 is 0 Å². The Bertz CT molecular complexity index is 464. The lowest BCUT2D eigenvalue weighted by atomic mass is 9.91. The van der Waals surface area contributed by atoms with Crippen molar-refractivity contribution in [2.24, 2.45) is 5.73 Å². The summed E-state index contributed by atoms with van der Waals surface area (Å²) >= 11 is 0. The predicted octanol–water partition coefficient (Wildman–Crippen LogP) is 2.99. The minimum Gasteiger partial charge on any atom is -0.493 e. The van der Waals surface area contributed by atoms with Gasteiger partial charge in [-0.25, -0.2) is 0 Å². The Morgan fingerprint density at radius 2 is 2.17 bits per heavy atom. The van der Waals surface area contributed by atoms with Crippen molar-refractivity contribution >= 4 is 0 Å². The van der Waals surface area contributed by atoms with E-state index in [0.29, 0.717) is 6.04 Å². The lowest BCUT2D eigenvalue weighted by Crippen LogP contribution is -2.21. The van der Waals surface area contributed by atoms with Crippen molar-refractivity contribution in [2.45, 2.75) is 44.6 Å². The molecule has 0 amide bonds. The van der Waals surface area contributed by atoms with Gasteiger partial charge in [-0.3, -0.25) is 0 Å². The molecule has 0 aromatic heterocycles. The monoisotopic (exact) mass is 243 g/mol. The summed E-state index contributed by atoms with van der Waals surface area (Å²) in [6.45, 7) is 0.849. The highest BCUT2D eigenvalue weighted by Crippen LogP contribution is 2.27. The fourth-order valence-electron chi connectivity index (χ4n) is 2.84. The molecule has 0 spiro atoms. The van der Waals surface area contributed by atoms with Crippen molar-refractivity contribution in [3.05, 3.63) is 41.0 Å². The van der Waals surface area contributed by atoms with Gasteiger partial charge in [0.1, 0.15) is 5.75 Å². The van der Waals surface area contributed by atoms with Crippen molar-refractivity contribution in [3.63, 3.8) is 0 Å². The molecule has 1 atom stereocenters. The largest absolute Gasteiger partial charge is 0.493 e. The van der Waals surface area contributed by atoms with Gasteiger partial charge in [-0.05, 0) is 49.3 Å². The van der Waals surface area contributed by atoms with Crippen LogP contribution in [-0.4, -0.2) is 12.6 Å². The van der Waals surface area contributed by atoms with E-state index in [-0.39, 0.29) is 0 Å². The highest BCUT2D eigenvalue weighted by molar-refractivity contribution is 5.40. The van der Waals surface area contributed by atoms with Gasteiger partial charge in [0.05, 0.1) is 6.61 Å². The normalized spacial score (nSPS) is 22.3. The SMILES string of the molecule is NC1CC=C(CCc2ccc3c(c2)CCO3)CC1. The summed E-state index contributed by atoms with van der Waals surface area (Å²) in [6, 6.07) is 7.05. The van der Waals surface area contributed by atoms with E-state index in [9.17, 15) is 0 Å². The zero-order valence-corrected chi connectivity index (χ0v) is 10.8. The smallest absolute Gasteiger partial charge is 0.122 e. The minimum absolute atomic E-state index is 0.394. The summed E-state index contributed by atoms with van der Waals surface area (Å²) in [5.74, 6) is 1.08. The van der Waals surface area contributed by atoms with Gasteiger partial charge >= 0.3 is 0 Å². The molecule has 0 saturated carbocycles. The fourth-order valence-corrected chi connectivity index (χ4v) is 2.84. The van der Waals surface area contributed by atoms with Gasteiger partial charge in [0.15, 0.2) is 0 Å². The lowest BCUT2D eigenvalue weighted by Gasteiger charge is -2.18. The Hall–Kier alpha value is -1.28. The molecule has 18 heavy (non-hydrogen) atoms. The average molecular weight is 243 g/mol. The molecule has 1 unspecified atom stereocenters. The maximum absolute atomic E-state index is 5.91. The number of ether oxygens (including phenoxy) is 1. The van der Waals surface area contributed by atoms with Crippen molar-refractivity contribution < 1.29 is 4.74 Å². The van der Waals surface area contributed by atoms with Crippen LogP contribution in [-0.2, 0) is 12.8 Å². The number of fused-ring (bicyclic) bond motifs is 1. The number of benzene rings is 1. The van der Waals surface area contributed by atoms with Crippen LogP contribution in [0.1, 0.15) is 36.8 Å². The summed E-state index contributed by atoms with van der Waals surface area (Å²) in [7, 11) is 0. The third-order valence-corrected chi connectivity index (χ3v) is 4.03. The summed E-state index contributed by atoms with van der Waals surface area (Å²) in [6.07, 6.45) is 9.17. The lowest BCUT2D eigenvalue weighted by molar-refractivity contribution is 0.357. The molecular weight excluding hydrogens is 222 g/mol. The predicted molar refractivity (Wildman–Crippen MR) is 73.9 cm³/mol. The third kappa shape index (κ3) is 2.59. The van der Waals surface area contributed by atoms with Crippen molar-refractivity contribution in [1.29, 1.82) is 0 Å². The topological polar surface area (TPSA) is 35.2 Å². The van der Waals surface area contributed by atoms with Gasteiger partial charge in [-0.1, -0.05) is 23.8 Å². The van der Waals surface area contributed by atoms with Crippen molar-refractivity contribution in [2.75, 3.05) is 6.61 Å². The number of aryl methyl sites for hydroxylation is 1. The molecule has 2 N–H and O–H groups in total. The maximum atomic E-state index is 5.91. The molecule has 1 aliphatic carbocycles. The molecule has 0 radical (unpaired) electrons. The molecule has 96 valence electrons. The molecule has 0 saturated heterocycles. The van der Waals surface area contributed by atoms with Crippen LogP contribution in [0, 0.1) is 0 Å². The molecule has 1 aliphatic heterocycles. The molecule has 1 heterocycles. The number of hydrogen-bond acceptors (Lipinski definition) is 2. The molecule has 0 bridgehead atoms. The zero-order chi connectivity index (χ0) is 12.4. The zero-order valence-electron chi connectivity index (χ0n) is 10.8. The van der Waals surface area contributed by atoms with E-state index in [2.05, 4.69) is 24.3 Å². The van der Waals surface area contributed by atoms with E-state index in [1.165, 1.54) is 24.0 Å². The molecule has 0 fully saturated rings. The summed E-state index contributed by atoms with van der Waals surface area (Å²) < 4.78 is 5.53. The maximum Gasteiger partial charge on any atom is 0.122 e. The van der Waals surface area contributed by atoms with Gasteiger partial charge in [-0.15, -0.1) is 0 Å². The van der Waals surface area contributed by atoms with Crippen LogP contribution >= 0.6 is 0 Å². The number of nitrogens with two attached hydrogens (primary N) is 1. The summed E-state index contributed by atoms with van der Waals surface area (Å²) in [5, 5.41) is 0. The summed E-state index contributed by atoms with van der Waals surface area (Å²) in [5.41, 5.74) is 10.3. The van der Waals surface area contributed by atoms with Crippen LogP contribution in [0.2, 0.25) is 0 Å². The highest BCUT2D eigenvalue weighted by atomic mass is 16.5. The standard InChI is InChI=1S/C16H21NO/c17-15-6-3-12(4-7-15)1-2-13-5-8-16-14(11-13)9-10-18-16/h3,5,8,11,15H,1-2,4,6-7,9-10,17H2. The van der Waals surface area contributed by atoms with Crippen LogP contribution in [0.4, 0.5) is 0 Å². The Labute approximate surface area is 109 Å². The fraction of sp³-hybridized carbons (Fsp3) is 0.500. The van der Waals surface area contributed by atoms with Gasteiger partial charge in [0, 0.05) is 12.5 Å². The molecule has 1 aromatic rings. The Kier molecular flexibility index (Phi) is 3.37. The second-order valence-corrected chi connectivity index (χ2v) is 5.44. The molecule has 2 aliphatic rings. The first-order valence-electron chi connectivity index (χ1n) is 6.99. The third-order valence-electron chi connectivity index (χ3n) is 4.03. The van der Waals surface area contributed by atoms with Crippen molar-refractivity contribution in [1.82, 2.24) is 0 Å². The molecular formula is C16H21NO. The van der Waals surface area contributed by atoms with E-state index in [1.54, 1.807) is 5.57 Å². The van der Waals surface area contributed by atoms with E-state index in [0.717, 1.165) is 38.0 Å². The van der Waals surface area contributed by atoms with E-state index in [4.69, 9.17) is 10.5 Å². The van der Waals surface area contributed by atoms with E-state index < -0.39 is 0 Å². The quantitative estimate of drug-likeness (QED) is 0.828. The molecule has 2 nitrogen and oxygen atoms in total. The second kappa shape index (κ2) is 5.15. The van der Waals surface area contributed by atoms with Gasteiger partial charge < -0.3 is 10.5 Å². The van der Waals surface area contributed by atoms with Crippen LogP contribution in [0.5, 0.6) is 5.75 Å². The average Bonchev–Trinajstić information content (AvgIpc) is 2.85. The first-order chi connectivity index (χ1) is 8.81. The second-order valence-electron chi connectivity index (χ2n) is 5.44. The Morgan fingerprint density at radius 3 is 3.00 bits per heavy atom. The number of allylic oxidation sites excluding steroid dienone is 1. The Balaban J connectivity index is 1.60. The van der Waals surface area contributed by atoms with Gasteiger partial charge in [0.25, 0.3) is 0 Å². The first-order valence-corrected chi connectivity index (χ1v) is 6.99. The van der Waals surface area contributed by atoms with Crippen molar-refractivity contribution in [3.8, 4) is 5.75 Å². The number of rotatable bonds is 3. The van der Waals surface area contributed by atoms with Gasteiger partial charge in [0.2, 0.25) is 0 Å². The van der Waals surface area contributed by atoms with Crippen LogP contribution < -0.4 is 10.5 Å². The van der Waals surface area contributed by atoms with E-state index in [1.807, 2.05) is 0 Å². The summed E-state index contributed by atoms with van der Waals surface area (Å²) in [4.78, 5) is 0. The Morgan fingerprint density at radius 1 is 1.22 bits per heavy atom. The first kappa shape index (κ1) is 11.8.